The van der Waals surface area contributed by atoms with Crippen molar-refractivity contribution in [3.05, 3.63) is 24.0 Å². The van der Waals surface area contributed by atoms with Crippen LogP contribution in [0.2, 0.25) is 0 Å². The Bertz CT molecular complexity index is 354. The van der Waals surface area contributed by atoms with E-state index in [-0.39, 0.29) is 6.61 Å². The maximum atomic E-state index is 11.8. The molecule has 0 fully saturated rings. The van der Waals surface area contributed by atoms with E-state index < -0.39 is 17.7 Å². The number of hydrogen-bond acceptors (Lipinski definition) is 3. The van der Waals surface area contributed by atoms with E-state index in [9.17, 15) is 9.90 Å². The van der Waals surface area contributed by atoms with Gasteiger partial charge in [0.1, 0.15) is 5.60 Å². The summed E-state index contributed by atoms with van der Waals surface area (Å²) in [6.45, 7) is 5.28. The summed E-state index contributed by atoms with van der Waals surface area (Å²) in [7, 11) is 1.61. The molecule has 0 aromatic carbocycles. The third-order valence-corrected chi connectivity index (χ3v) is 2.33. The van der Waals surface area contributed by atoms with Crippen LogP contribution in [0.1, 0.15) is 32.4 Å². The molecule has 5 heteroatoms. The molecule has 96 valence electrons. The van der Waals surface area contributed by atoms with Gasteiger partial charge in [-0.2, -0.15) is 0 Å². The van der Waals surface area contributed by atoms with Gasteiger partial charge in [-0.3, -0.25) is 0 Å². The molecule has 0 aliphatic rings. The van der Waals surface area contributed by atoms with Gasteiger partial charge in [-0.05, 0) is 32.4 Å². The van der Waals surface area contributed by atoms with Gasteiger partial charge in [-0.15, -0.1) is 0 Å². The first-order valence-electron chi connectivity index (χ1n) is 5.54. The van der Waals surface area contributed by atoms with E-state index in [1.165, 1.54) is 4.90 Å². The minimum absolute atomic E-state index is 0.145. The average molecular weight is 240 g/mol. The van der Waals surface area contributed by atoms with Crippen molar-refractivity contribution in [2.75, 3.05) is 13.7 Å². The van der Waals surface area contributed by atoms with Gasteiger partial charge >= 0.3 is 6.09 Å². The van der Waals surface area contributed by atoms with Crippen LogP contribution in [-0.2, 0) is 4.74 Å². The first kappa shape index (κ1) is 13.6. The van der Waals surface area contributed by atoms with Crippen LogP contribution < -0.4 is 0 Å². The van der Waals surface area contributed by atoms with Crippen molar-refractivity contribution in [2.45, 2.75) is 32.4 Å². The SMILES string of the molecule is CN(C(=O)OC(C)(C)C)C(CO)c1cc[nH]c1. The van der Waals surface area contributed by atoms with E-state index in [0.717, 1.165) is 5.56 Å². The highest BCUT2D eigenvalue weighted by Crippen LogP contribution is 2.20. The molecule has 1 unspecified atom stereocenters. The lowest BCUT2D eigenvalue weighted by molar-refractivity contribution is 0.0159. The summed E-state index contributed by atoms with van der Waals surface area (Å²) in [5.41, 5.74) is 0.310. The van der Waals surface area contributed by atoms with E-state index in [0.29, 0.717) is 0 Å². The smallest absolute Gasteiger partial charge is 0.410 e. The van der Waals surface area contributed by atoms with Gasteiger partial charge < -0.3 is 19.7 Å². The molecule has 2 N–H and O–H groups in total. The van der Waals surface area contributed by atoms with Crippen LogP contribution in [-0.4, -0.2) is 40.3 Å². The average Bonchev–Trinajstić information content (AvgIpc) is 2.69. The van der Waals surface area contributed by atoms with Crippen molar-refractivity contribution >= 4 is 6.09 Å². The number of aliphatic hydroxyl groups excluding tert-OH is 1. The molecule has 0 radical (unpaired) electrons. The zero-order chi connectivity index (χ0) is 13.1. The monoisotopic (exact) mass is 240 g/mol. The highest BCUT2D eigenvalue weighted by molar-refractivity contribution is 5.68. The van der Waals surface area contributed by atoms with Crippen molar-refractivity contribution in [1.82, 2.24) is 9.88 Å². The Labute approximate surface area is 101 Å². The molecule has 17 heavy (non-hydrogen) atoms. The van der Waals surface area contributed by atoms with Crippen molar-refractivity contribution in [2.24, 2.45) is 0 Å². The van der Waals surface area contributed by atoms with Gasteiger partial charge in [0, 0.05) is 19.4 Å². The Balaban J connectivity index is 2.73. The van der Waals surface area contributed by atoms with Gasteiger partial charge in [0.25, 0.3) is 0 Å². The molecule has 1 amide bonds. The van der Waals surface area contributed by atoms with E-state index in [1.807, 2.05) is 26.8 Å². The Morgan fingerprint density at radius 2 is 2.24 bits per heavy atom. The maximum absolute atomic E-state index is 11.8. The molecule has 0 saturated heterocycles. The lowest BCUT2D eigenvalue weighted by Crippen LogP contribution is -2.37. The molecule has 0 bridgehead atoms. The third kappa shape index (κ3) is 3.78. The summed E-state index contributed by atoms with van der Waals surface area (Å²) in [5.74, 6) is 0. The van der Waals surface area contributed by atoms with Crippen LogP contribution in [0.5, 0.6) is 0 Å². The number of rotatable bonds is 3. The Morgan fingerprint density at radius 1 is 1.59 bits per heavy atom. The Morgan fingerprint density at radius 3 is 2.65 bits per heavy atom. The molecule has 5 nitrogen and oxygen atoms in total. The quantitative estimate of drug-likeness (QED) is 0.848. The fourth-order valence-electron chi connectivity index (χ4n) is 1.46. The van der Waals surface area contributed by atoms with Crippen molar-refractivity contribution in [1.29, 1.82) is 0 Å². The van der Waals surface area contributed by atoms with Crippen LogP contribution in [0.4, 0.5) is 4.79 Å². The number of aromatic nitrogens is 1. The molecule has 0 aliphatic carbocycles. The second-order valence-corrected chi connectivity index (χ2v) is 4.93. The molecule has 0 aliphatic heterocycles. The van der Waals surface area contributed by atoms with Crippen LogP contribution in [0, 0.1) is 0 Å². The summed E-state index contributed by atoms with van der Waals surface area (Å²) in [4.78, 5) is 16.1. The number of aliphatic hydroxyl groups is 1. The summed E-state index contributed by atoms with van der Waals surface area (Å²) < 4.78 is 5.25. The summed E-state index contributed by atoms with van der Waals surface area (Å²) in [6, 6.07) is 1.43. The molecule has 1 aromatic rings. The van der Waals surface area contributed by atoms with E-state index in [1.54, 1.807) is 19.4 Å². The number of ether oxygens (including phenoxy) is 1. The first-order valence-corrected chi connectivity index (χ1v) is 5.54. The van der Waals surface area contributed by atoms with E-state index >= 15 is 0 Å². The third-order valence-electron chi connectivity index (χ3n) is 2.33. The topological polar surface area (TPSA) is 65.6 Å². The number of amides is 1. The predicted octanol–water partition coefficient (Wildman–Crippen LogP) is 1.91. The fraction of sp³-hybridized carbons (Fsp3) is 0.583. The highest BCUT2D eigenvalue weighted by atomic mass is 16.6. The summed E-state index contributed by atoms with van der Waals surface area (Å²) >= 11 is 0. The van der Waals surface area contributed by atoms with Crippen LogP contribution in [0.15, 0.2) is 18.5 Å². The van der Waals surface area contributed by atoms with Crippen molar-refractivity contribution < 1.29 is 14.6 Å². The molecular formula is C12H20N2O3. The first-order chi connectivity index (χ1) is 7.85. The number of carbonyl (C=O) groups is 1. The van der Waals surface area contributed by atoms with Gasteiger partial charge in [0.2, 0.25) is 0 Å². The second kappa shape index (κ2) is 5.23. The molecule has 1 aromatic heterocycles. The van der Waals surface area contributed by atoms with Crippen LogP contribution in [0.25, 0.3) is 0 Å². The number of hydrogen-bond donors (Lipinski definition) is 2. The minimum atomic E-state index is -0.538. The van der Waals surface area contributed by atoms with Crippen LogP contribution in [0.3, 0.4) is 0 Å². The normalized spacial score (nSPS) is 13.2. The van der Waals surface area contributed by atoms with E-state index in [2.05, 4.69) is 4.98 Å². The maximum Gasteiger partial charge on any atom is 0.410 e. The molecule has 1 atom stereocenters. The van der Waals surface area contributed by atoms with E-state index in [4.69, 9.17) is 4.74 Å². The second-order valence-electron chi connectivity index (χ2n) is 4.93. The highest BCUT2D eigenvalue weighted by Gasteiger charge is 2.26. The molecular weight excluding hydrogens is 220 g/mol. The number of nitrogens with zero attached hydrogens (tertiary/aromatic N) is 1. The number of likely N-dealkylation sites (N-methyl/N-ethyl adjacent to an activating group) is 1. The zero-order valence-electron chi connectivity index (χ0n) is 10.7. The fourth-order valence-corrected chi connectivity index (χ4v) is 1.46. The molecule has 0 saturated carbocycles. The summed E-state index contributed by atoms with van der Waals surface area (Å²) in [6.07, 6.45) is 3.06. The van der Waals surface area contributed by atoms with Gasteiger partial charge in [0.05, 0.1) is 12.6 Å². The predicted molar refractivity (Wildman–Crippen MR) is 64.6 cm³/mol. The Kier molecular flexibility index (Phi) is 4.17. The standard InChI is InChI=1S/C12H20N2O3/c1-12(2,3)17-11(16)14(4)10(8-15)9-5-6-13-7-9/h5-7,10,13,15H,8H2,1-4H3. The van der Waals surface area contributed by atoms with Crippen molar-refractivity contribution in [3.63, 3.8) is 0 Å². The van der Waals surface area contributed by atoms with Gasteiger partial charge in [0.15, 0.2) is 0 Å². The number of carbonyl (C=O) groups excluding carboxylic acids is 1. The summed E-state index contributed by atoms with van der Waals surface area (Å²) in [5, 5.41) is 9.35. The number of nitrogens with one attached hydrogen (secondary N) is 1. The zero-order valence-corrected chi connectivity index (χ0v) is 10.7. The lowest BCUT2D eigenvalue weighted by atomic mass is 10.1. The molecule has 0 spiro atoms. The van der Waals surface area contributed by atoms with Gasteiger partial charge in [-0.25, -0.2) is 4.79 Å². The molecule has 1 rings (SSSR count). The molecule has 1 heterocycles. The minimum Gasteiger partial charge on any atom is -0.444 e. The van der Waals surface area contributed by atoms with Crippen molar-refractivity contribution in [3.8, 4) is 0 Å². The number of aromatic amines is 1. The largest absolute Gasteiger partial charge is 0.444 e. The number of H-pyrrole nitrogens is 1. The van der Waals surface area contributed by atoms with Crippen LogP contribution >= 0.6 is 0 Å². The Hall–Kier alpha value is -1.49. The van der Waals surface area contributed by atoms with Gasteiger partial charge in [-0.1, -0.05) is 0 Å². The lowest BCUT2D eigenvalue weighted by Gasteiger charge is -2.29.